The fourth-order valence-electron chi connectivity index (χ4n) is 5.54. The van der Waals surface area contributed by atoms with Gasteiger partial charge in [-0.2, -0.15) is 0 Å². The minimum atomic E-state index is -0.474. The Morgan fingerprint density at radius 1 is 1.17 bits per heavy atom. The Labute approximate surface area is 261 Å². The summed E-state index contributed by atoms with van der Waals surface area (Å²) in [7, 11) is 1.66. The van der Waals surface area contributed by atoms with E-state index >= 15 is 0 Å². The molecule has 5 rings (SSSR count). The maximum atomic E-state index is 14.1. The van der Waals surface area contributed by atoms with Crippen molar-refractivity contribution in [2.45, 2.75) is 36.3 Å². The summed E-state index contributed by atoms with van der Waals surface area (Å²) in [6.45, 7) is 4.33. The van der Waals surface area contributed by atoms with Crippen molar-refractivity contribution in [2.75, 3.05) is 30.9 Å². The monoisotopic (exact) mass is 677 g/mol. The predicted octanol–water partition coefficient (Wildman–Crippen LogP) is 7.03. The molecule has 1 aliphatic heterocycles. The lowest BCUT2D eigenvalue weighted by Crippen LogP contribution is -2.60. The van der Waals surface area contributed by atoms with Crippen LogP contribution in [0.4, 0.5) is 11.4 Å². The number of ether oxygens (including phenoxy) is 2. The number of amides is 2. The van der Waals surface area contributed by atoms with Crippen LogP contribution < -0.4 is 15.4 Å². The molecule has 0 spiro atoms. The largest absolute Gasteiger partial charge is 0.497 e. The van der Waals surface area contributed by atoms with Crippen molar-refractivity contribution in [2.24, 2.45) is 5.41 Å². The summed E-state index contributed by atoms with van der Waals surface area (Å²) in [4.78, 5) is 27.4. The summed E-state index contributed by atoms with van der Waals surface area (Å²) in [5, 5.41) is 6.49. The smallest absolute Gasteiger partial charge is 0.257 e. The van der Waals surface area contributed by atoms with Crippen molar-refractivity contribution in [3.05, 3.63) is 114 Å². The van der Waals surface area contributed by atoms with E-state index in [1.54, 1.807) is 7.11 Å². The highest BCUT2D eigenvalue weighted by Crippen LogP contribution is 2.45. The van der Waals surface area contributed by atoms with Crippen LogP contribution in [-0.2, 0) is 9.53 Å². The van der Waals surface area contributed by atoms with Crippen molar-refractivity contribution in [1.29, 1.82) is 0 Å². The average molecular weight is 678 g/mol. The van der Waals surface area contributed by atoms with Crippen LogP contribution >= 0.6 is 22.6 Å². The number of rotatable bonds is 10. The van der Waals surface area contributed by atoms with Crippen molar-refractivity contribution >= 4 is 45.8 Å². The Morgan fingerprint density at radius 3 is 2.60 bits per heavy atom. The SMILES string of the molecule is C/C=C\C=C/C1(CN2C(=O)c3ccccc3NC2[C@@]2(I)C=C(COc3ccc(NC(C)=O)cc3)C(OC)=CC2)C=CC1. The average Bonchev–Trinajstić information content (AvgIpc) is 2.96. The van der Waals surface area contributed by atoms with Gasteiger partial charge in [-0.1, -0.05) is 77.3 Å². The van der Waals surface area contributed by atoms with E-state index in [0.29, 0.717) is 36.6 Å². The number of para-hydroxylation sites is 1. The van der Waals surface area contributed by atoms with Crippen molar-refractivity contribution in [3.63, 3.8) is 0 Å². The van der Waals surface area contributed by atoms with Gasteiger partial charge in [0.25, 0.3) is 5.91 Å². The molecule has 8 heteroatoms. The number of carbonyl (C=O) groups is 2. The lowest BCUT2D eigenvalue weighted by atomic mass is 9.74. The van der Waals surface area contributed by atoms with E-state index in [0.717, 1.165) is 23.4 Å². The molecule has 2 amide bonds. The van der Waals surface area contributed by atoms with Gasteiger partial charge in [0.05, 0.1) is 16.1 Å². The Kier molecular flexibility index (Phi) is 8.91. The molecule has 2 unspecified atom stereocenters. The van der Waals surface area contributed by atoms with Crippen LogP contribution in [0.1, 0.15) is 37.0 Å². The summed E-state index contributed by atoms with van der Waals surface area (Å²) >= 11 is 2.49. The van der Waals surface area contributed by atoms with Gasteiger partial charge in [-0.05, 0) is 62.2 Å². The third-order valence-electron chi connectivity index (χ3n) is 7.74. The number of alkyl halides is 1. The van der Waals surface area contributed by atoms with Crippen LogP contribution in [0.2, 0.25) is 0 Å². The molecule has 0 saturated heterocycles. The van der Waals surface area contributed by atoms with E-state index in [1.165, 1.54) is 6.92 Å². The van der Waals surface area contributed by atoms with Crippen LogP contribution in [0.15, 0.2) is 108 Å². The lowest BCUT2D eigenvalue weighted by molar-refractivity contribution is -0.114. The zero-order valence-corrected chi connectivity index (χ0v) is 26.3. The number of nitrogens with one attached hydrogen (secondary N) is 2. The molecule has 2 aromatic carbocycles. The zero-order chi connectivity index (χ0) is 29.7. The second-order valence-corrected chi connectivity index (χ2v) is 12.8. The molecule has 218 valence electrons. The van der Waals surface area contributed by atoms with Gasteiger partial charge in [-0.25, -0.2) is 0 Å². The zero-order valence-electron chi connectivity index (χ0n) is 24.1. The molecular weight excluding hydrogens is 641 g/mol. The Morgan fingerprint density at radius 2 is 1.93 bits per heavy atom. The standard InChI is InChI=1S/C34H36IN3O4/c1-4-5-8-17-33(18-9-19-33)23-38-31(40)28-10-6-7-11-29(28)37-32(38)34(35)20-16-30(41-3)25(21-34)22-42-27-14-12-26(13-15-27)36-24(2)39/h4-18,21,32,37H,19-20,22-23H2,1-3H3,(H,36,39)/b5-4-,17-8-/t32?,33?,34-/m0/s1. The number of halogens is 1. The van der Waals surface area contributed by atoms with Crippen molar-refractivity contribution in [1.82, 2.24) is 4.90 Å². The van der Waals surface area contributed by atoms with Gasteiger partial charge < -0.3 is 25.0 Å². The van der Waals surface area contributed by atoms with Gasteiger partial charge in [0.15, 0.2) is 0 Å². The molecule has 3 atom stereocenters. The fourth-order valence-corrected chi connectivity index (χ4v) is 6.63. The number of fused-ring (bicyclic) bond motifs is 1. The molecule has 7 nitrogen and oxygen atoms in total. The number of carbonyl (C=O) groups excluding carboxylic acids is 2. The first-order valence-electron chi connectivity index (χ1n) is 14.1. The second kappa shape index (κ2) is 12.6. The quantitative estimate of drug-likeness (QED) is 0.122. The second-order valence-electron chi connectivity index (χ2n) is 10.8. The molecule has 2 aliphatic carbocycles. The molecule has 0 radical (unpaired) electrons. The number of allylic oxidation sites excluding steroid dienone is 5. The van der Waals surface area contributed by atoms with E-state index < -0.39 is 3.42 Å². The minimum absolute atomic E-state index is 0.0245. The summed E-state index contributed by atoms with van der Waals surface area (Å²) < 4.78 is 11.4. The van der Waals surface area contributed by atoms with Crippen molar-refractivity contribution < 1.29 is 19.1 Å². The molecule has 2 N–H and O–H groups in total. The van der Waals surface area contributed by atoms with Crippen LogP contribution in [0.5, 0.6) is 5.75 Å². The van der Waals surface area contributed by atoms with E-state index in [9.17, 15) is 9.59 Å². The van der Waals surface area contributed by atoms with Gasteiger partial charge in [-0.15, -0.1) is 0 Å². The van der Waals surface area contributed by atoms with Gasteiger partial charge in [0.1, 0.15) is 24.3 Å². The highest BCUT2D eigenvalue weighted by atomic mass is 127. The number of hydrogen-bond donors (Lipinski definition) is 2. The van der Waals surface area contributed by atoms with E-state index in [1.807, 2.05) is 72.5 Å². The molecule has 42 heavy (non-hydrogen) atoms. The Bertz CT molecular complexity index is 1490. The predicted molar refractivity (Wildman–Crippen MR) is 176 cm³/mol. The molecule has 3 aliphatic rings. The van der Waals surface area contributed by atoms with Crippen LogP contribution in [0, 0.1) is 5.41 Å². The summed E-state index contributed by atoms with van der Waals surface area (Å²) in [6.07, 6.45) is 18.2. The van der Waals surface area contributed by atoms with Crippen molar-refractivity contribution in [3.8, 4) is 5.75 Å². The maximum Gasteiger partial charge on any atom is 0.257 e. The van der Waals surface area contributed by atoms with Crippen LogP contribution in [0.3, 0.4) is 0 Å². The minimum Gasteiger partial charge on any atom is -0.497 e. The van der Waals surface area contributed by atoms with Crippen LogP contribution in [-0.4, -0.2) is 46.6 Å². The summed E-state index contributed by atoms with van der Waals surface area (Å²) in [5.41, 5.74) is 2.93. The third kappa shape index (κ3) is 6.33. The number of anilines is 2. The highest BCUT2D eigenvalue weighted by molar-refractivity contribution is 14.1. The molecule has 0 aromatic heterocycles. The highest BCUT2D eigenvalue weighted by Gasteiger charge is 2.47. The normalized spacial score (nSPS) is 24.9. The molecule has 1 heterocycles. The van der Waals surface area contributed by atoms with Gasteiger partial charge >= 0.3 is 0 Å². The van der Waals surface area contributed by atoms with Gasteiger partial charge in [0.2, 0.25) is 5.91 Å². The summed E-state index contributed by atoms with van der Waals surface area (Å²) in [6, 6.07) is 15.0. The third-order valence-corrected chi connectivity index (χ3v) is 9.08. The number of nitrogens with zero attached hydrogens (tertiary/aromatic N) is 1. The first kappa shape index (κ1) is 29.7. The molecule has 2 aromatic rings. The molecular formula is C34H36IN3O4. The van der Waals surface area contributed by atoms with Crippen LogP contribution in [0.25, 0.3) is 0 Å². The number of benzene rings is 2. The first-order chi connectivity index (χ1) is 20.3. The van der Waals surface area contributed by atoms with E-state index in [2.05, 4.69) is 69.7 Å². The Balaban J connectivity index is 1.44. The summed E-state index contributed by atoms with van der Waals surface area (Å²) in [5.74, 6) is 1.34. The molecule has 0 saturated carbocycles. The molecule has 0 fully saturated rings. The Hall–Kier alpha value is -3.79. The van der Waals surface area contributed by atoms with Gasteiger partial charge in [0, 0.05) is 35.8 Å². The number of hydrogen-bond acceptors (Lipinski definition) is 5. The van der Waals surface area contributed by atoms with Gasteiger partial charge in [-0.3, -0.25) is 9.59 Å². The molecule has 0 bridgehead atoms. The fraction of sp³-hybridized carbons (Fsp3) is 0.294. The maximum absolute atomic E-state index is 14.1. The van der Waals surface area contributed by atoms with E-state index in [-0.39, 0.29) is 23.4 Å². The first-order valence-corrected chi connectivity index (χ1v) is 15.1. The lowest BCUT2D eigenvalue weighted by Gasteiger charge is -2.49. The van der Waals surface area contributed by atoms with E-state index in [4.69, 9.17) is 9.47 Å². The number of methoxy groups -OCH3 is 1. The topological polar surface area (TPSA) is 79.9 Å².